The largest absolute Gasteiger partial charge is 0.386 e. The molecule has 1 saturated heterocycles. The quantitative estimate of drug-likeness (QED) is 0.863. The first-order valence-corrected chi connectivity index (χ1v) is 6.50. The van der Waals surface area contributed by atoms with Crippen molar-refractivity contribution in [3.05, 3.63) is 23.8 Å². The van der Waals surface area contributed by atoms with Gasteiger partial charge < -0.3 is 15.1 Å². The summed E-state index contributed by atoms with van der Waals surface area (Å²) < 4.78 is 0. The van der Waals surface area contributed by atoms with Crippen molar-refractivity contribution in [3.8, 4) is 0 Å². The Morgan fingerprint density at radius 1 is 1.18 bits per heavy atom. The van der Waals surface area contributed by atoms with Crippen LogP contribution in [0.5, 0.6) is 0 Å². The van der Waals surface area contributed by atoms with Gasteiger partial charge in [0.25, 0.3) is 0 Å². The van der Waals surface area contributed by atoms with Crippen molar-refractivity contribution in [2.45, 2.75) is 13.8 Å². The number of piperazine rings is 1. The zero-order chi connectivity index (χ0) is 12.3. The zero-order valence-electron chi connectivity index (χ0n) is 11.2. The topological polar surface area (TPSA) is 18.5 Å². The summed E-state index contributed by atoms with van der Waals surface area (Å²) in [5.41, 5.74) is 3.90. The molecule has 1 aliphatic rings. The molecule has 0 aliphatic carbocycles. The third-order valence-electron chi connectivity index (χ3n) is 3.58. The van der Waals surface area contributed by atoms with Gasteiger partial charge in [0.2, 0.25) is 0 Å². The smallest absolute Gasteiger partial charge is 0.0603 e. The lowest BCUT2D eigenvalue weighted by molar-refractivity contribution is 0.271. The Labute approximate surface area is 104 Å². The van der Waals surface area contributed by atoms with Gasteiger partial charge in [-0.15, -0.1) is 0 Å². The number of hydrogen-bond acceptors (Lipinski definition) is 3. The number of likely N-dealkylation sites (N-methyl/N-ethyl adjacent to an activating group) is 1. The normalized spacial score (nSPS) is 17.2. The van der Waals surface area contributed by atoms with Crippen LogP contribution in [0.3, 0.4) is 0 Å². The SMILES string of the molecule is CCN1CCN(c2ccc(C)cc2NC)CC1. The van der Waals surface area contributed by atoms with Crippen LogP contribution in [0.4, 0.5) is 11.4 Å². The number of anilines is 2. The minimum absolute atomic E-state index is 1.13. The summed E-state index contributed by atoms with van der Waals surface area (Å²) in [5, 5.41) is 3.30. The van der Waals surface area contributed by atoms with Crippen molar-refractivity contribution in [2.24, 2.45) is 0 Å². The van der Waals surface area contributed by atoms with E-state index in [1.54, 1.807) is 0 Å². The molecular weight excluding hydrogens is 210 g/mol. The Bertz CT molecular complexity index is 368. The fourth-order valence-corrected chi connectivity index (χ4v) is 2.43. The van der Waals surface area contributed by atoms with E-state index in [9.17, 15) is 0 Å². The van der Waals surface area contributed by atoms with Gasteiger partial charge in [-0.25, -0.2) is 0 Å². The summed E-state index contributed by atoms with van der Waals surface area (Å²) in [5.74, 6) is 0. The van der Waals surface area contributed by atoms with Crippen molar-refractivity contribution in [1.82, 2.24) is 4.90 Å². The van der Waals surface area contributed by atoms with E-state index in [0.717, 1.165) is 13.1 Å². The van der Waals surface area contributed by atoms with Crippen molar-refractivity contribution in [3.63, 3.8) is 0 Å². The van der Waals surface area contributed by atoms with Crippen LogP contribution in [0.1, 0.15) is 12.5 Å². The van der Waals surface area contributed by atoms with Gasteiger partial charge in [0.05, 0.1) is 11.4 Å². The van der Waals surface area contributed by atoms with E-state index < -0.39 is 0 Å². The molecule has 0 aromatic heterocycles. The van der Waals surface area contributed by atoms with Gasteiger partial charge in [-0.1, -0.05) is 13.0 Å². The number of aryl methyl sites for hydroxylation is 1. The molecular formula is C14H23N3. The van der Waals surface area contributed by atoms with E-state index in [1.807, 2.05) is 7.05 Å². The second kappa shape index (κ2) is 5.41. The molecule has 0 radical (unpaired) electrons. The number of benzene rings is 1. The van der Waals surface area contributed by atoms with Crippen LogP contribution in [-0.4, -0.2) is 44.7 Å². The third-order valence-corrected chi connectivity index (χ3v) is 3.58. The van der Waals surface area contributed by atoms with E-state index >= 15 is 0 Å². The summed E-state index contributed by atoms with van der Waals surface area (Å²) in [6.45, 7) is 10.2. The first kappa shape index (κ1) is 12.2. The van der Waals surface area contributed by atoms with Gasteiger partial charge in [0, 0.05) is 33.2 Å². The van der Waals surface area contributed by atoms with Crippen LogP contribution in [0.15, 0.2) is 18.2 Å². The molecule has 17 heavy (non-hydrogen) atoms. The second-order valence-electron chi connectivity index (χ2n) is 4.69. The average Bonchev–Trinajstić information content (AvgIpc) is 2.39. The van der Waals surface area contributed by atoms with E-state index in [1.165, 1.54) is 36.6 Å². The number of nitrogens with one attached hydrogen (secondary N) is 1. The lowest BCUT2D eigenvalue weighted by Gasteiger charge is -2.36. The predicted octanol–water partition coefficient (Wildman–Crippen LogP) is 2.18. The molecule has 0 spiro atoms. The maximum Gasteiger partial charge on any atom is 0.0603 e. The van der Waals surface area contributed by atoms with E-state index in [-0.39, 0.29) is 0 Å². The standard InChI is InChI=1S/C14H23N3/c1-4-16-7-9-17(10-8-16)14-6-5-12(2)11-13(14)15-3/h5-6,11,15H,4,7-10H2,1-3H3. The molecule has 1 N–H and O–H groups in total. The Morgan fingerprint density at radius 3 is 2.47 bits per heavy atom. The van der Waals surface area contributed by atoms with Crippen LogP contribution in [0, 0.1) is 6.92 Å². The van der Waals surface area contributed by atoms with E-state index in [0.29, 0.717) is 0 Å². The molecule has 0 atom stereocenters. The molecule has 0 amide bonds. The Hall–Kier alpha value is -1.22. The van der Waals surface area contributed by atoms with Gasteiger partial charge in [-0.05, 0) is 31.2 Å². The minimum Gasteiger partial charge on any atom is -0.386 e. The van der Waals surface area contributed by atoms with E-state index in [4.69, 9.17) is 0 Å². The number of nitrogens with zero attached hydrogens (tertiary/aromatic N) is 2. The fourth-order valence-electron chi connectivity index (χ4n) is 2.43. The van der Waals surface area contributed by atoms with Gasteiger partial charge >= 0.3 is 0 Å². The summed E-state index contributed by atoms with van der Waals surface area (Å²) in [6.07, 6.45) is 0. The second-order valence-corrected chi connectivity index (χ2v) is 4.69. The van der Waals surface area contributed by atoms with Crippen molar-refractivity contribution in [1.29, 1.82) is 0 Å². The molecule has 2 rings (SSSR count). The van der Waals surface area contributed by atoms with Gasteiger partial charge in [0.1, 0.15) is 0 Å². The van der Waals surface area contributed by atoms with Crippen molar-refractivity contribution in [2.75, 3.05) is 50.0 Å². The van der Waals surface area contributed by atoms with Gasteiger partial charge in [-0.3, -0.25) is 0 Å². The van der Waals surface area contributed by atoms with Crippen LogP contribution >= 0.6 is 0 Å². The van der Waals surface area contributed by atoms with Crippen LogP contribution in [0.2, 0.25) is 0 Å². The fraction of sp³-hybridized carbons (Fsp3) is 0.571. The summed E-state index contributed by atoms with van der Waals surface area (Å²) >= 11 is 0. The third kappa shape index (κ3) is 2.72. The maximum atomic E-state index is 3.30. The lowest BCUT2D eigenvalue weighted by atomic mass is 10.1. The van der Waals surface area contributed by atoms with Crippen molar-refractivity contribution < 1.29 is 0 Å². The molecule has 0 unspecified atom stereocenters. The molecule has 3 nitrogen and oxygen atoms in total. The lowest BCUT2D eigenvalue weighted by Crippen LogP contribution is -2.46. The molecule has 1 aliphatic heterocycles. The van der Waals surface area contributed by atoms with E-state index in [2.05, 4.69) is 47.2 Å². The summed E-state index contributed by atoms with van der Waals surface area (Å²) in [7, 11) is 2.00. The molecule has 94 valence electrons. The Balaban J connectivity index is 2.12. The molecule has 0 saturated carbocycles. The number of hydrogen-bond donors (Lipinski definition) is 1. The van der Waals surface area contributed by atoms with Crippen LogP contribution in [0.25, 0.3) is 0 Å². The maximum absolute atomic E-state index is 3.30. The predicted molar refractivity (Wildman–Crippen MR) is 75.1 cm³/mol. The Kier molecular flexibility index (Phi) is 3.89. The molecule has 1 heterocycles. The Morgan fingerprint density at radius 2 is 1.88 bits per heavy atom. The minimum atomic E-state index is 1.13. The molecule has 1 fully saturated rings. The monoisotopic (exact) mass is 233 g/mol. The molecule has 1 aromatic carbocycles. The summed E-state index contributed by atoms with van der Waals surface area (Å²) in [6, 6.07) is 6.66. The first-order valence-electron chi connectivity index (χ1n) is 6.50. The first-order chi connectivity index (χ1) is 8.24. The van der Waals surface area contributed by atoms with Crippen LogP contribution in [-0.2, 0) is 0 Å². The summed E-state index contributed by atoms with van der Waals surface area (Å²) in [4.78, 5) is 4.99. The van der Waals surface area contributed by atoms with Gasteiger partial charge in [0.15, 0.2) is 0 Å². The molecule has 1 aromatic rings. The van der Waals surface area contributed by atoms with Crippen molar-refractivity contribution >= 4 is 11.4 Å². The number of rotatable bonds is 3. The average molecular weight is 233 g/mol. The highest BCUT2D eigenvalue weighted by molar-refractivity contribution is 5.71. The highest BCUT2D eigenvalue weighted by Crippen LogP contribution is 2.27. The highest BCUT2D eigenvalue weighted by atomic mass is 15.3. The molecule has 0 bridgehead atoms. The van der Waals surface area contributed by atoms with Gasteiger partial charge in [-0.2, -0.15) is 0 Å². The zero-order valence-corrected chi connectivity index (χ0v) is 11.2. The van der Waals surface area contributed by atoms with Crippen LogP contribution < -0.4 is 10.2 Å². The molecule has 3 heteroatoms. The highest BCUT2D eigenvalue weighted by Gasteiger charge is 2.17.